The van der Waals surface area contributed by atoms with Gasteiger partial charge in [0.25, 0.3) is 0 Å². The number of unbranched alkanes of at least 4 members (excludes halogenated alkanes) is 1. The number of aliphatic hydroxyl groups excluding tert-OH is 1. The molecule has 2 unspecified atom stereocenters. The Labute approximate surface area is 156 Å². The van der Waals surface area contributed by atoms with Gasteiger partial charge in [-0.2, -0.15) is 5.26 Å². The second kappa shape index (κ2) is 11.7. The van der Waals surface area contributed by atoms with Crippen LogP contribution in [0.25, 0.3) is 0 Å². The number of hydrogen-bond acceptors (Lipinski definition) is 4. The smallest absolute Gasteiger partial charge is 0.222 e. The van der Waals surface area contributed by atoms with E-state index in [0.717, 1.165) is 44.2 Å². The zero-order valence-corrected chi connectivity index (χ0v) is 15.5. The molecule has 1 aliphatic heterocycles. The lowest BCUT2D eigenvalue weighted by Crippen LogP contribution is -2.44. The molecular formula is C21H30N2O3. The second-order valence-electron chi connectivity index (χ2n) is 6.97. The van der Waals surface area contributed by atoms with Crippen LogP contribution in [0.3, 0.4) is 0 Å². The van der Waals surface area contributed by atoms with E-state index >= 15 is 0 Å². The van der Waals surface area contributed by atoms with Gasteiger partial charge in [-0.05, 0) is 50.5 Å². The van der Waals surface area contributed by atoms with E-state index in [2.05, 4.69) is 0 Å². The fourth-order valence-electron chi connectivity index (χ4n) is 3.58. The number of piperidine rings is 1. The molecule has 0 radical (unpaired) electrons. The van der Waals surface area contributed by atoms with E-state index in [1.165, 1.54) is 0 Å². The highest BCUT2D eigenvalue weighted by Crippen LogP contribution is 2.23. The monoisotopic (exact) mass is 358 g/mol. The molecule has 1 aliphatic rings. The molecule has 142 valence electrons. The van der Waals surface area contributed by atoms with Gasteiger partial charge in [-0.15, -0.1) is 0 Å². The van der Waals surface area contributed by atoms with Gasteiger partial charge in [0, 0.05) is 25.6 Å². The van der Waals surface area contributed by atoms with Crippen molar-refractivity contribution in [3.63, 3.8) is 0 Å². The van der Waals surface area contributed by atoms with Crippen molar-refractivity contribution < 1.29 is 14.6 Å². The zero-order valence-electron chi connectivity index (χ0n) is 15.5. The van der Waals surface area contributed by atoms with Crippen LogP contribution in [0.1, 0.15) is 50.5 Å². The highest BCUT2D eigenvalue weighted by Gasteiger charge is 2.27. The lowest BCUT2D eigenvalue weighted by atomic mass is 9.94. The minimum Gasteiger partial charge on any atom is -0.393 e. The Balaban J connectivity index is 1.74. The highest BCUT2D eigenvalue weighted by atomic mass is 16.5. The number of likely N-dealkylation sites (tertiary alicyclic amines) is 1. The summed E-state index contributed by atoms with van der Waals surface area (Å²) in [6.07, 6.45) is 6.21. The van der Waals surface area contributed by atoms with Gasteiger partial charge in [-0.3, -0.25) is 4.79 Å². The molecule has 0 aliphatic carbocycles. The number of benzene rings is 1. The molecule has 0 saturated carbocycles. The molecular weight excluding hydrogens is 328 g/mol. The maximum absolute atomic E-state index is 12.3. The molecule has 1 amide bonds. The minimum absolute atomic E-state index is 0.130. The molecule has 26 heavy (non-hydrogen) atoms. The third-order valence-electron chi connectivity index (χ3n) is 4.94. The molecule has 0 aromatic heterocycles. The van der Waals surface area contributed by atoms with E-state index < -0.39 is 0 Å². The quantitative estimate of drug-likeness (QED) is 0.617. The number of hydrogen-bond donors (Lipinski definition) is 1. The summed E-state index contributed by atoms with van der Waals surface area (Å²) in [7, 11) is 0. The molecule has 5 nitrogen and oxygen atoms in total. The van der Waals surface area contributed by atoms with Gasteiger partial charge in [0.1, 0.15) is 6.61 Å². The molecule has 1 heterocycles. The summed E-state index contributed by atoms with van der Waals surface area (Å²) in [6, 6.07) is 12.2. The Morgan fingerprint density at radius 1 is 1.31 bits per heavy atom. The van der Waals surface area contributed by atoms with E-state index in [1.807, 2.05) is 41.3 Å². The lowest BCUT2D eigenvalue weighted by molar-refractivity contribution is -0.136. The topological polar surface area (TPSA) is 73.6 Å². The van der Waals surface area contributed by atoms with Gasteiger partial charge >= 0.3 is 0 Å². The van der Waals surface area contributed by atoms with E-state index in [-0.39, 0.29) is 24.7 Å². The molecule has 2 atom stereocenters. The van der Waals surface area contributed by atoms with Crippen molar-refractivity contribution in [1.82, 2.24) is 4.90 Å². The molecule has 1 fully saturated rings. The number of carbonyl (C=O) groups is 1. The van der Waals surface area contributed by atoms with Crippen LogP contribution in [-0.2, 0) is 16.0 Å². The molecule has 1 aromatic rings. The summed E-state index contributed by atoms with van der Waals surface area (Å²) in [6.45, 7) is 1.44. The van der Waals surface area contributed by atoms with Gasteiger partial charge in [0.15, 0.2) is 0 Å². The lowest BCUT2D eigenvalue weighted by Gasteiger charge is -2.36. The number of aliphatic hydroxyl groups is 1. The van der Waals surface area contributed by atoms with Gasteiger partial charge in [0.05, 0.1) is 12.2 Å². The van der Waals surface area contributed by atoms with Crippen LogP contribution in [0.2, 0.25) is 0 Å². The van der Waals surface area contributed by atoms with Crippen LogP contribution in [0.4, 0.5) is 0 Å². The number of rotatable bonds is 11. The van der Waals surface area contributed by atoms with Crippen LogP contribution in [0.5, 0.6) is 0 Å². The summed E-state index contributed by atoms with van der Waals surface area (Å²) < 4.78 is 5.16. The van der Waals surface area contributed by atoms with Gasteiger partial charge in [0.2, 0.25) is 5.91 Å². The summed E-state index contributed by atoms with van der Waals surface area (Å²) >= 11 is 0. The summed E-state index contributed by atoms with van der Waals surface area (Å²) in [5.74, 6) is 0.233. The first-order chi connectivity index (χ1) is 12.7. The van der Waals surface area contributed by atoms with Crippen molar-refractivity contribution >= 4 is 5.91 Å². The first kappa shape index (κ1) is 20.4. The van der Waals surface area contributed by atoms with Gasteiger partial charge in [-0.25, -0.2) is 0 Å². The van der Waals surface area contributed by atoms with E-state index in [0.29, 0.717) is 25.9 Å². The third-order valence-corrected chi connectivity index (χ3v) is 4.94. The van der Waals surface area contributed by atoms with Crippen LogP contribution in [-0.4, -0.2) is 47.8 Å². The van der Waals surface area contributed by atoms with E-state index in [4.69, 9.17) is 10.00 Å². The standard InChI is InChI=1S/C21H30N2O3/c22-13-16-26-15-5-4-14-23-19(9-6-10-21(23)25)11-12-20(24)17-18-7-2-1-3-8-18/h1-3,7-8,19-20,24H,4-6,9-12,14-17H2. The minimum atomic E-state index is -0.365. The summed E-state index contributed by atoms with van der Waals surface area (Å²) in [4.78, 5) is 14.3. The number of carbonyl (C=O) groups excluding carboxylic acids is 1. The van der Waals surface area contributed by atoms with E-state index in [1.54, 1.807) is 0 Å². The molecule has 1 aromatic carbocycles. The number of nitrogens with zero attached hydrogens (tertiary/aromatic N) is 2. The fourth-order valence-corrected chi connectivity index (χ4v) is 3.58. The molecule has 5 heteroatoms. The molecule has 2 rings (SSSR count). The van der Waals surface area contributed by atoms with Crippen LogP contribution < -0.4 is 0 Å². The number of nitriles is 1. The van der Waals surface area contributed by atoms with Crippen LogP contribution in [0, 0.1) is 11.3 Å². The predicted octanol–water partition coefficient (Wildman–Crippen LogP) is 3.07. The van der Waals surface area contributed by atoms with E-state index in [9.17, 15) is 9.90 Å². The normalized spacial score (nSPS) is 18.5. The Morgan fingerprint density at radius 2 is 2.12 bits per heavy atom. The van der Waals surface area contributed by atoms with Crippen molar-refractivity contribution in [2.45, 2.75) is 63.5 Å². The summed E-state index contributed by atoms with van der Waals surface area (Å²) in [5.41, 5.74) is 1.15. The molecule has 1 N–H and O–H groups in total. The largest absolute Gasteiger partial charge is 0.393 e. The average Bonchev–Trinajstić information content (AvgIpc) is 2.65. The first-order valence-corrected chi connectivity index (χ1v) is 9.67. The van der Waals surface area contributed by atoms with Crippen molar-refractivity contribution in [1.29, 1.82) is 5.26 Å². The Hall–Kier alpha value is -1.90. The fraction of sp³-hybridized carbons (Fsp3) is 0.619. The van der Waals surface area contributed by atoms with Crippen molar-refractivity contribution in [2.24, 2.45) is 0 Å². The number of amides is 1. The van der Waals surface area contributed by atoms with Crippen molar-refractivity contribution in [3.05, 3.63) is 35.9 Å². The van der Waals surface area contributed by atoms with Gasteiger partial charge in [-0.1, -0.05) is 30.3 Å². The molecule has 0 bridgehead atoms. The van der Waals surface area contributed by atoms with Crippen LogP contribution in [0.15, 0.2) is 30.3 Å². The van der Waals surface area contributed by atoms with Gasteiger partial charge < -0.3 is 14.7 Å². The van der Waals surface area contributed by atoms with Crippen molar-refractivity contribution in [2.75, 3.05) is 19.8 Å². The number of ether oxygens (including phenoxy) is 1. The summed E-state index contributed by atoms with van der Waals surface area (Å²) in [5, 5.41) is 18.8. The Morgan fingerprint density at radius 3 is 2.88 bits per heavy atom. The first-order valence-electron chi connectivity index (χ1n) is 9.67. The second-order valence-corrected chi connectivity index (χ2v) is 6.97. The Kier molecular flexibility index (Phi) is 9.16. The van der Waals surface area contributed by atoms with Crippen LogP contribution >= 0.6 is 0 Å². The van der Waals surface area contributed by atoms with Crippen molar-refractivity contribution in [3.8, 4) is 6.07 Å². The highest BCUT2D eigenvalue weighted by molar-refractivity contribution is 5.77. The molecule has 0 spiro atoms. The third kappa shape index (κ3) is 7.15. The Bertz CT molecular complexity index is 570. The SMILES string of the molecule is N#CCOCCCCN1C(=O)CCCC1CCC(O)Cc1ccccc1. The zero-order chi connectivity index (χ0) is 18.6. The predicted molar refractivity (Wildman–Crippen MR) is 100 cm³/mol. The molecule has 1 saturated heterocycles. The maximum atomic E-state index is 12.3. The average molecular weight is 358 g/mol. The maximum Gasteiger partial charge on any atom is 0.222 e.